The molecule has 0 radical (unpaired) electrons. The zero-order valence-corrected chi connectivity index (χ0v) is 17.7. The highest BCUT2D eigenvalue weighted by molar-refractivity contribution is 6.40. The highest BCUT2D eigenvalue weighted by Gasteiger charge is 2.35. The summed E-state index contributed by atoms with van der Waals surface area (Å²) < 4.78 is 40.0. The number of nitrogens with zero attached hydrogens (tertiary/aromatic N) is 3. The molecular weight excluding hydrogens is 428 g/mol. The molecule has 5 nitrogen and oxygen atoms in total. The number of anilines is 2. The average Bonchev–Trinajstić information content (AvgIpc) is 3.00. The van der Waals surface area contributed by atoms with Crippen molar-refractivity contribution in [2.45, 2.75) is 46.5 Å². The standard InChI is InChI=1S/C19H21Cl2F3N4O/c1-18(2,3)9-16(29)25-17-13(20)6-11(7-14(17)21)27-4-5-28-12(10-27)8-15(26-28)19(22,23)24/h6-8H,4-5,9-10H2,1-3H3,(H,25,29). The van der Waals surface area contributed by atoms with Gasteiger partial charge in [0.05, 0.1) is 34.5 Å². The van der Waals surface area contributed by atoms with E-state index in [-0.39, 0.29) is 27.9 Å². The maximum Gasteiger partial charge on any atom is 0.435 e. The molecule has 1 aliphatic rings. The Labute approximate surface area is 176 Å². The second-order valence-corrected chi connectivity index (χ2v) is 9.05. The van der Waals surface area contributed by atoms with Gasteiger partial charge >= 0.3 is 6.18 Å². The van der Waals surface area contributed by atoms with Crippen molar-refractivity contribution in [2.24, 2.45) is 5.41 Å². The molecule has 0 saturated heterocycles. The second-order valence-electron chi connectivity index (χ2n) is 8.23. The minimum atomic E-state index is -4.48. The van der Waals surface area contributed by atoms with Crippen molar-refractivity contribution in [3.05, 3.63) is 39.6 Å². The lowest BCUT2D eigenvalue weighted by Gasteiger charge is -2.30. The molecule has 158 valence electrons. The first kappa shape index (κ1) is 21.8. The van der Waals surface area contributed by atoms with Crippen molar-refractivity contribution in [1.29, 1.82) is 0 Å². The number of nitrogens with one attached hydrogen (secondary N) is 1. The third-order valence-corrected chi connectivity index (χ3v) is 5.03. The summed E-state index contributed by atoms with van der Waals surface area (Å²) >= 11 is 12.7. The predicted octanol–water partition coefficient (Wildman–Crippen LogP) is 5.60. The third kappa shape index (κ3) is 5.17. The molecule has 0 unspecified atom stereocenters. The molecule has 2 aromatic rings. The summed E-state index contributed by atoms with van der Waals surface area (Å²) in [6.45, 7) is 6.85. The summed E-state index contributed by atoms with van der Waals surface area (Å²) in [5.41, 5.74) is 0.359. The van der Waals surface area contributed by atoms with Crippen LogP contribution < -0.4 is 10.2 Å². The maximum atomic E-state index is 12.9. The Morgan fingerprint density at radius 2 is 1.76 bits per heavy atom. The topological polar surface area (TPSA) is 50.2 Å². The van der Waals surface area contributed by atoms with Crippen LogP contribution in [0.25, 0.3) is 0 Å². The van der Waals surface area contributed by atoms with Gasteiger partial charge in [-0.25, -0.2) is 0 Å². The number of aromatic nitrogens is 2. The molecule has 1 aromatic carbocycles. The van der Waals surface area contributed by atoms with E-state index in [0.717, 1.165) is 6.07 Å². The Balaban J connectivity index is 1.79. The van der Waals surface area contributed by atoms with Crippen LogP contribution in [-0.4, -0.2) is 22.2 Å². The summed E-state index contributed by atoms with van der Waals surface area (Å²) in [6.07, 6.45) is -4.17. The van der Waals surface area contributed by atoms with Gasteiger partial charge in [0.1, 0.15) is 0 Å². The van der Waals surface area contributed by atoms with E-state index in [9.17, 15) is 18.0 Å². The van der Waals surface area contributed by atoms with Crippen molar-refractivity contribution >= 4 is 40.5 Å². The van der Waals surface area contributed by atoms with Crippen LogP contribution in [0.15, 0.2) is 18.2 Å². The third-order valence-electron chi connectivity index (χ3n) is 4.44. The fraction of sp³-hybridized carbons (Fsp3) is 0.474. The zero-order valence-electron chi connectivity index (χ0n) is 16.2. The van der Waals surface area contributed by atoms with Gasteiger partial charge in [0.25, 0.3) is 0 Å². The monoisotopic (exact) mass is 448 g/mol. The first-order valence-corrected chi connectivity index (χ1v) is 9.77. The van der Waals surface area contributed by atoms with Crippen LogP contribution in [-0.2, 0) is 24.1 Å². The quantitative estimate of drug-likeness (QED) is 0.664. The average molecular weight is 449 g/mol. The summed E-state index contributed by atoms with van der Waals surface area (Å²) in [4.78, 5) is 14.1. The van der Waals surface area contributed by atoms with Crippen molar-refractivity contribution in [3.8, 4) is 0 Å². The van der Waals surface area contributed by atoms with Gasteiger partial charge in [-0.05, 0) is 23.6 Å². The van der Waals surface area contributed by atoms with E-state index in [0.29, 0.717) is 36.6 Å². The minimum Gasteiger partial charge on any atom is -0.364 e. The molecule has 1 N–H and O–H groups in total. The van der Waals surface area contributed by atoms with Gasteiger partial charge in [0.2, 0.25) is 5.91 Å². The Kier molecular flexibility index (Phi) is 5.80. The van der Waals surface area contributed by atoms with Gasteiger partial charge in [0, 0.05) is 18.7 Å². The number of rotatable bonds is 3. The maximum absolute atomic E-state index is 12.9. The Hall–Kier alpha value is -1.93. The largest absolute Gasteiger partial charge is 0.435 e. The Morgan fingerprint density at radius 3 is 2.31 bits per heavy atom. The van der Waals surface area contributed by atoms with E-state index in [1.54, 1.807) is 12.1 Å². The zero-order chi connectivity index (χ0) is 21.6. The highest BCUT2D eigenvalue weighted by atomic mass is 35.5. The number of benzene rings is 1. The molecule has 1 amide bonds. The van der Waals surface area contributed by atoms with E-state index in [1.165, 1.54) is 4.68 Å². The lowest BCUT2D eigenvalue weighted by atomic mass is 9.92. The van der Waals surface area contributed by atoms with Gasteiger partial charge in [-0.1, -0.05) is 44.0 Å². The molecule has 3 rings (SSSR count). The number of halogens is 5. The van der Waals surface area contributed by atoms with Crippen molar-refractivity contribution in [2.75, 3.05) is 16.8 Å². The molecule has 0 atom stereocenters. The van der Waals surface area contributed by atoms with Crippen LogP contribution in [0.4, 0.5) is 24.5 Å². The molecule has 10 heteroatoms. The molecule has 0 fully saturated rings. The van der Waals surface area contributed by atoms with Crippen LogP contribution in [0.3, 0.4) is 0 Å². The highest BCUT2D eigenvalue weighted by Crippen LogP contribution is 2.37. The van der Waals surface area contributed by atoms with Gasteiger partial charge in [0.15, 0.2) is 5.69 Å². The number of amides is 1. The van der Waals surface area contributed by atoms with Crippen LogP contribution in [0.2, 0.25) is 10.0 Å². The smallest absolute Gasteiger partial charge is 0.364 e. The van der Waals surface area contributed by atoms with Gasteiger partial charge < -0.3 is 10.2 Å². The molecule has 1 aliphatic heterocycles. The van der Waals surface area contributed by atoms with Crippen molar-refractivity contribution in [1.82, 2.24) is 9.78 Å². The minimum absolute atomic E-state index is 0.186. The summed E-state index contributed by atoms with van der Waals surface area (Å²) in [6, 6.07) is 4.35. The summed E-state index contributed by atoms with van der Waals surface area (Å²) in [5.74, 6) is -0.199. The molecule has 0 saturated carbocycles. The number of carbonyl (C=O) groups is 1. The second kappa shape index (κ2) is 7.72. The lowest BCUT2D eigenvalue weighted by molar-refractivity contribution is -0.141. The lowest BCUT2D eigenvalue weighted by Crippen LogP contribution is -2.33. The fourth-order valence-electron chi connectivity index (χ4n) is 3.15. The molecule has 1 aromatic heterocycles. The number of carbonyl (C=O) groups excluding carboxylic acids is 1. The van der Waals surface area contributed by atoms with E-state index < -0.39 is 11.9 Å². The molecule has 2 heterocycles. The van der Waals surface area contributed by atoms with Crippen LogP contribution >= 0.6 is 23.2 Å². The molecule has 0 bridgehead atoms. The van der Waals surface area contributed by atoms with E-state index in [1.807, 2.05) is 25.7 Å². The number of hydrogen-bond donors (Lipinski definition) is 1. The van der Waals surface area contributed by atoms with E-state index in [4.69, 9.17) is 23.2 Å². The van der Waals surface area contributed by atoms with Crippen molar-refractivity contribution < 1.29 is 18.0 Å². The SMILES string of the molecule is CC(C)(C)CC(=O)Nc1c(Cl)cc(N2CCn3nc(C(F)(F)F)cc3C2)cc1Cl. The van der Waals surface area contributed by atoms with E-state index >= 15 is 0 Å². The fourth-order valence-corrected chi connectivity index (χ4v) is 3.72. The first-order valence-electron chi connectivity index (χ1n) is 9.01. The molecule has 0 aliphatic carbocycles. The van der Waals surface area contributed by atoms with Gasteiger partial charge in [-0.2, -0.15) is 18.3 Å². The summed E-state index contributed by atoms with van der Waals surface area (Å²) in [5, 5.41) is 6.90. The number of hydrogen-bond acceptors (Lipinski definition) is 3. The molecule has 0 spiro atoms. The molecule has 29 heavy (non-hydrogen) atoms. The molecular formula is C19H21Cl2F3N4O. The number of fused-ring (bicyclic) bond motifs is 1. The summed E-state index contributed by atoms with van der Waals surface area (Å²) in [7, 11) is 0. The predicted molar refractivity (Wildman–Crippen MR) is 107 cm³/mol. The Morgan fingerprint density at radius 1 is 1.14 bits per heavy atom. The van der Waals surface area contributed by atoms with Crippen LogP contribution in [0.5, 0.6) is 0 Å². The van der Waals surface area contributed by atoms with Gasteiger partial charge in [-0.15, -0.1) is 0 Å². The van der Waals surface area contributed by atoms with Crippen LogP contribution in [0.1, 0.15) is 38.6 Å². The Bertz CT molecular complexity index is 912. The first-order chi connectivity index (χ1) is 13.3. The van der Waals surface area contributed by atoms with E-state index in [2.05, 4.69) is 10.4 Å². The number of alkyl halides is 3. The van der Waals surface area contributed by atoms with Crippen LogP contribution in [0, 0.1) is 5.41 Å². The van der Waals surface area contributed by atoms with Gasteiger partial charge in [-0.3, -0.25) is 9.48 Å². The van der Waals surface area contributed by atoms with Crippen molar-refractivity contribution in [3.63, 3.8) is 0 Å². The normalized spacial score (nSPS) is 14.7.